The van der Waals surface area contributed by atoms with E-state index in [1.54, 1.807) is 12.1 Å². The van der Waals surface area contributed by atoms with Crippen molar-refractivity contribution in [2.75, 3.05) is 0 Å². The fourth-order valence-corrected chi connectivity index (χ4v) is 5.33. The van der Waals surface area contributed by atoms with E-state index in [1.165, 1.54) is 0 Å². The lowest BCUT2D eigenvalue weighted by Crippen LogP contribution is -2.02. The lowest BCUT2D eigenvalue weighted by atomic mass is 10.1. The van der Waals surface area contributed by atoms with Crippen molar-refractivity contribution in [1.29, 1.82) is 15.8 Å². The van der Waals surface area contributed by atoms with Crippen molar-refractivity contribution in [3.63, 3.8) is 0 Å². The van der Waals surface area contributed by atoms with Crippen LogP contribution >= 0.6 is 0 Å². The Bertz CT molecular complexity index is 2190. The van der Waals surface area contributed by atoms with Crippen LogP contribution in [0.3, 0.4) is 0 Å². The van der Waals surface area contributed by atoms with Crippen molar-refractivity contribution < 1.29 is 0 Å². The normalized spacial score (nSPS) is 10.7. The van der Waals surface area contributed by atoms with Crippen LogP contribution in [0.5, 0.6) is 0 Å². The number of aromatic nitrogens is 4. The Labute approximate surface area is 246 Å². The maximum absolute atomic E-state index is 10.3. The third kappa shape index (κ3) is 4.43. The average molecular weight is 550 g/mol. The molecule has 0 aliphatic rings. The van der Waals surface area contributed by atoms with E-state index in [2.05, 4.69) is 18.2 Å². The first kappa shape index (κ1) is 25.4. The lowest BCUT2D eigenvalue weighted by molar-refractivity contribution is 1.07. The minimum atomic E-state index is 0.398. The van der Waals surface area contributed by atoms with Crippen LogP contribution in [0.25, 0.3) is 61.7 Å². The second-order valence-electron chi connectivity index (χ2n) is 9.90. The number of benzene rings is 5. The van der Waals surface area contributed by atoms with Crippen LogP contribution < -0.4 is 0 Å². The minimum Gasteiger partial charge on any atom is -0.309 e. The average Bonchev–Trinajstić information content (AvgIpc) is 3.41. The van der Waals surface area contributed by atoms with Crippen molar-refractivity contribution >= 4 is 21.8 Å². The van der Waals surface area contributed by atoms with Gasteiger partial charge in [-0.3, -0.25) is 0 Å². The molecule has 43 heavy (non-hydrogen) atoms. The van der Waals surface area contributed by atoms with Crippen molar-refractivity contribution in [3.8, 4) is 58.1 Å². The first-order valence-corrected chi connectivity index (χ1v) is 13.5. The summed E-state index contributed by atoms with van der Waals surface area (Å²) in [6, 6.07) is 42.7. The minimum absolute atomic E-state index is 0.398. The maximum atomic E-state index is 10.3. The van der Waals surface area contributed by atoms with Gasteiger partial charge in [-0.05, 0) is 54.6 Å². The van der Waals surface area contributed by atoms with Crippen LogP contribution in [0.2, 0.25) is 0 Å². The number of hydrogen-bond acceptors (Lipinski definition) is 6. The fourth-order valence-electron chi connectivity index (χ4n) is 5.33. The quantitative estimate of drug-likeness (QED) is 0.223. The van der Waals surface area contributed by atoms with Gasteiger partial charge in [-0.1, -0.05) is 60.7 Å². The molecule has 0 radical (unpaired) electrons. The molecule has 7 nitrogen and oxygen atoms in total. The van der Waals surface area contributed by atoms with E-state index in [9.17, 15) is 15.8 Å². The summed E-state index contributed by atoms with van der Waals surface area (Å²) < 4.78 is 2.04. The van der Waals surface area contributed by atoms with Gasteiger partial charge in [0.2, 0.25) is 0 Å². The van der Waals surface area contributed by atoms with E-state index < -0.39 is 0 Å². The highest BCUT2D eigenvalue weighted by Crippen LogP contribution is 2.35. The van der Waals surface area contributed by atoms with E-state index in [-0.39, 0.29) is 0 Å². The third-order valence-corrected chi connectivity index (χ3v) is 7.35. The molecule has 0 aliphatic carbocycles. The predicted molar refractivity (Wildman–Crippen MR) is 165 cm³/mol. The van der Waals surface area contributed by atoms with Crippen LogP contribution in [0.4, 0.5) is 0 Å². The third-order valence-electron chi connectivity index (χ3n) is 7.35. The van der Waals surface area contributed by atoms with Crippen molar-refractivity contribution in [2.45, 2.75) is 0 Å². The molecule has 2 heterocycles. The molecule has 7 rings (SSSR count). The molecule has 0 bridgehead atoms. The van der Waals surface area contributed by atoms with Gasteiger partial charge in [0.1, 0.15) is 0 Å². The van der Waals surface area contributed by atoms with Gasteiger partial charge in [-0.2, -0.15) is 15.8 Å². The Balaban J connectivity index is 1.44. The second kappa shape index (κ2) is 10.4. The van der Waals surface area contributed by atoms with Crippen LogP contribution in [-0.4, -0.2) is 19.5 Å². The van der Waals surface area contributed by atoms with Crippen molar-refractivity contribution in [2.24, 2.45) is 0 Å². The zero-order valence-electron chi connectivity index (χ0n) is 22.6. The molecular weight excluding hydrogens is 530 g/mol. The monoisotopic (exact) mass is 549 g/mol. The number of fused-ring (bicyclic) bond motifs is 3. The highest BCUT2D eigenvalue weighted by Gasteiger charge is 2.18. The zero-order chi connectivity index (χ0) is 29.3. The summed E-state index contributed by atoms with van der Waals surface area (Å²) in [6.45, 7) is 0. The van der Waals surface area contributed by atoms with Crippen LogP contribution in [0, 0.1) is 34.0 Å². The Morgan fingerprint density at radius 1 is 0.488 bits per heavy atom. The summed E-state index contributed by atoms with van der Waals surface area (Å²) in [5, 5.41) is 31.1. The molecule has 0 fully saturated rings. The zero-order valence-corrected chi connectivity index (χ0v) is 22.6. The summed E-state index contributed by atoms with van der Waals surface area (Å²) in [5.74, 6) is 1.43. The molecule has 7 aromatic rings. The molecule has 0 atom stereocenters. The first-order valence-electron chi connectivity index (χ1n) is 13.5. The molecule has 0 unspecified atom stereocenters. The second-order valence-corrected chi connectivity index (χ2v) is 9.90. The largest absolute Gasteiger partial charge is 0.309 e. The molecule has 7 heteroatoms. The lowest BCUT2D eigenvalue weighted by Gasteiger charge is -2.12. The summed E-state index contributed by atoms with van der Waals surface area (Å²) in [4.78, 5) is 14.3. The van der Waals surface area contributed by atoms with E-state index in [0.717, 1.165) is 38.6 Å². The number of rotatable bonds is 4. The van der Waals surface area contributed by atoms with Crippen LogP contribution in [0.15, 0.2) is 115 Å². The molecule has 0 saturated carbocycles. The maximum Gasteiger partial charge on any atom is 0.165 e. The summed E-state index contributed by atoms with van der Waals surface area (Å²) >= 11 is 0. The summed E-state index contributed by atoms with van der Waals surface area (Å²) in [7, 11) is 0. The van der Waals surface area contributed by atoms with Gasteiger partial charge < -0.3 is 4.57 Å². The van der Waals surface area contributed by atoms with Crippen LogP contribution in [0.1, 0.15) is 16.7 Å². The topological polar surface area (TPSA) is 115 Å². The summed E-state index contributed by atoms with van der Waals surface area (Å²) in [6.07, 6.45) is 0. The van der Waals surface area contributed by atoms with E-state index >= 15 is 0 Å². The van der Waals surface area contributed by atoms with Gasteiger partial charge in [0.15, 0.2) is 17.5 Å². The van der Waals surface area contributed by atoms with Gasteiger partial charge in [-0.25, -0.2) is 15.0 Å². The fraction of sp³-hybridized carbons (Fsp3) is 0. The van der Waals surface area contributed by atoms with Gasteiger partial charge in [-0.15, -0.1) is 0 Å². The molecule has 0 aliphatic heterocycles. The number of nitriles is 3. The van der Waals surface area contributed by atoms with Gasteiger partial charge in [0, 0.05) is 33.2 Å². The van der Waals surface area contributed by atoms with Gasteiger partial charge in [0.25, 0.3) is 0 Å². The van der Waals surface area contributed by atoms with E-state index in [0.29, 0.717) is 39.7 Å². The highest BCUT2D eigenvalue weighted by atomic mass is 15.0. The van der Waals surface area contributed by atoms with Gasteiger partial charge in [0.05, 0.1) is 45.9 Å². The smallest absolute Gasteiger partial charge is 0.165 e. The molecule has 0 spiro atoms. The molecule has 5 aromatic carbocycles. The van der Waals surface area contributed by atoms with E-state index in [1.807, 2.05) is 108 Å². The molecular formula is C36H19N7. The Hall–Kier alpha value is -6.62. The molecule has 0 saturated heterocycles. The molecule has 0 N–H and O–H groups in total. The Morgan fingerprint density at radius 2 is 1.00 bits per heavy atom. The predicted octanol–water partition coefficient (Wildman–Crippen LogP) is 7.58. The van der Waals surface area contributed by atoms with Crippen molar-refractivity contribution in [3.05, 3.63) is 132 Å². The van der Waals surface area contributed by atoms with E-state index in [4.69, 9.17) is 15.0 Å². The molecule has 198 valence electrons. The van der Waals surface area contributed by atoms with Crippen molar-refractivity contribution in [1.82, 2.24) is 19.5 Å². The highest BCUT2D eigenvalue weighted by molar-refractivity contribution is 6.10. The Morgan fingerprint density at radius 3 is 1.49 bits per heavy atom. The molecule has 0 amide bonds. The van der Waals surface area contributed by atoms with Crippen LogP contribution in [-0.2, 0) is 0 Å². The summed E-state index contributed by atoms with van der Waals surface area (Å²) in [5.41, 5.74) is 6.21. The first-order chi connectivity index (χ1) is 21.2. The molecule has 2 aromatic heterocycles. The SMILES string of the molecule is N#Cc1ccc2c(c1)c1cc(C#N)ccc1n2-c1ccc(-c2nc(-c3ccccc3)nc(-c3ccccc3)n2)c(C#N)c1. The number of hydrogen-bond donors (Lipinski definition) is 0. The number of nitrogens with zero attached hydrogens (tertiary/aromatic N) is 7. The standard InChI is InChI=1S/C36H19N7/c37-20-23-11-15-32-30(17-23)31-18-24(21-38)12-16-33(31)43(32)28-13-14-29(27(19-28)22-39)36-41-34(25-7-3-1-4-8-25)40-35(42-36)26-9-5-2-6-10-26/h1-19H. The van der Waals surface area contributed by atoms with Gasteiger partial charge >= 0.3 is 0 Å². The Kier molecular flexibility index (Phi) is 6.14.